The molecule has 0 spiro atoms. The van der Waals surface area contributed by atoms with Gasteiger partial charge in [-0.1, -0.05) is 18.2 Å². The predicted octanol–water partition coefficient (Wildman–Crippen LogP) is 4.12. The maximum absolute atomic E-state index is 13.1. The third-order valence-corrected chi connectivity index (χ3v) is 5.80. The largest absolute Gasteiger partial charge is 0.368 e. The summed E-state index contributed by atoms with van der Waals surface area (Å²) in [7, 11) is 0. The van der Waals surface area contributed by atoms with Crippen molar-refractivity contribution < 1.29 is 9.53 Å². The summed E-state index contributed by atoms with van der Waals surface area (Å²) >= 11 is 0. The van der Waals surface area contributed by atoms with Crippen LogP contribution in [0.2, 0.25) is 0 Å². The van der Waals surface area contributed by atoms with Crippen molar-refractivity contribution in [2.24, 2.45) is 0 Å². The van der Waals surface area contributed by atoms with Gasteiger partial charge in [-0.2, -0.15) is 0 Å². The van der Waals surface area contributed by atoms with Gasteiger partial charge in [0.2, 0.25) is 0 Å². The zero-order chi connectivity index (χ0) is 21.0. The number of para-hydroxylation sites is 1. The number of rotatable bonds is 5. The molecule has 2 saturated heterocycles. The molecule has 2 fully saturated rings. The summed E-state index contributed by atoms with van der Waals surface area (Å²) in [4.78, 5) is 28.8. The molecule has 1 aromatic carbocycles. The topological polar surface area (TPSA) is 80.2 Å². The van der Waals surface area contributed by atoms with E-state index in [1.807, 2.05) is 53.4 Å². The highest BCUT2D eigenvalue weighted by Gasteiger charge is 2.37. The molecule has 2 aromatic heterocycles. The summed E-state index contributed by atoms with van der Waals surface area (Å²) in [6.07, 6.45) is 6.70. The molecule has 1 amide bonds. The van der Waals surface area contributed by atoms with Crippen LogP contribution in [0.15, 0.2) is 60.9 Å². The molecule has 1 N–H and O–H groups in total. The van der Waals surface area contributed by atoms with Crippen LogP contribution in [0, 0.1) is 0 Å². The SMILES string of the molecule is O=C([C@@H]1CCCO1)N1CCC[C@@H]1c1nc(Nc2ccccc2)cc(-c2ccncc2)n1. The Bertz CT molecular complexity index is 1040. The van der Waals surface area contributed by atoms with Crippen molar-refractivity contribution in [1.29, 1.82) is 0 Å². The van der Waals surface area contributed by atoms with Crippen LogP contribution in [0.5, 0.6) is 0 Å². The first-order chi connectivity index (χ1) is 15.3. The first-order valence-corrected chi connectivity index (χ1v) is 10.8. The number of amides is 1. The van der Waals surface area contributed by atoms with E-state index in [1.54, 1.807) is 12.4 Å². The molecule has 0 radical (unpaired) electrons. The second-order valence-corrected chi connectivity index (χ2v) is 7.91. The number of likely N-dealkylation sites (tertiary alicyclic amines) is 1. The summed E-state index contributed by atoms with van der Waals surface area (Å²) < 4.78 is 5.66. The number of aromatic nitrogens is 3. The average Bonchev–Trinajstić information content (AvgIpc) is 3.52. The number of nitrogens with one attached hydrogen (secondary N) is 1. The number of carbonyl (C=O) groups excluding carboxylic acids is 1. The summed E-state index contributed by atoms with van der Waals surface area (Å²) in [5, 5.41) is 3.38. The molecule has 5 rings (SSSR count). The van der Waals surface area contributed by atoms with Gasteiger partial charge in [0.25, 0.3) is 5.91 Å². The van der Waals surface area contributed by atoms with Crippen LogP contribution >= 0.6 is 0 Å². The van der Waals surface area contributed by atoms with Gasteiger partial charge in [0, 0.05) is 42.9 Å². The van der Waals surface area contributed by atoms with Gasteiger partial charge in [-0.05, 0) is 49.9 Å². The molecule has 0 aliphatic carbocycles. The lowest BCUT2D eigenvalue weighted by Gasteiger charge is -2.26. The number of hydrogen-bond donors (Lipinski definition) is 1. The van der Waals surface area contributed by atoms with Crippen LogP contribution in [0.4, 0.5) is 11.5 Å². The molecular formula is C24H25N5O2. The van der Waals surface area contributed by atoms with Crippen LogP contribution in [0.25, 0.3) is 11.3 Å². The van der Waals surface area contributed by atoms with Gasteiger partial charge in [-0.3, -0.25) is 9.78 Å². The minimum absolute atomic E-state index is 0.0653. The molecule has 2 aliphatic heterocycles. The van der Waals surface area contributed by atoms with Crippen LogP contribution in [-0.4, -0.2) is 45.0 Å². The number of nitrogens with zero attached hydrogens (tertiary/aromatic N) is 4. The van der Waals surface area contributed by atoms with Crippen molar-refractivity contribution in [1.82, 2.24) is 19.9 Å². The Kier molecular flexibility index (Phi) is 5.58. The summed E-state index contributed by atoms with van der Waals surface area (Å²) in [5.41, 5.74) is 2.72. The van der Waals surface area contributed by atoms with Crippen molar-refractivity contribution in [3.05, 3.63) is 66.7 Å². The van der Waals surface area contributed by atoms with Gasteiger partial charge in [0.05, 0.1) is 11.7 Å². The molecule has 0 bridgehead atoms. The zero-order valence-electron chi connectivity index (χ0n) is 17.3. The molecular weight excluding hydrogens is 390 g/mol. The highest BCUT2D eigenvalue weighted by molar-refractivity contribution is 5.82. The number of ether oxygens (including phenoxy) is 1. The first-order valence-electron chi connectivity index (χ1n) is 10.8. The number of pyridine rings is 1. The molecule has 2 aliphatic rings. The molecule has 0 saturated carbocycles. The monoisotopic (exact) mass is 415 g/mol. The van der Waals surface area contributed by atoms with Gasteiger partial charge < -0.3 is 15.0 Å². The lowest BCUT2D eigenvalue weighted by Crippen LogP contribution is -2.39. The fourth-order valence-electron chi connectivity index (χ4n) is 4.28. The molecule has 0 unspecified atom stereocenters. The van der Waals surface area contributed by atoms with Crippen molar-refractivity contribution in [2.45, 2.75) is 37.8 Å². The number of carbonyl (C=O) groups is 1. The first kappa shape index (κ1) is 19.6. The van der Waals surface area contributed by atoms with Crippen molar-refractivity contribution in [3.8, 4) is 11.3 Å². The fraction of sp³-hybridized carbons (Fsp3) is 0.333. The van der Waals surface area contributed by atoms with Crippen LogP contribution < -0.4 is 5.32 Å². The van der Waals surface area contributed by atoms with Gasteiger partial charge in [0.15, 0.2) is 5.82 Å². The van der Waals surface area contributed by atoms with Gasteiger partial charge in [0.1, 0.15) is 11.9 Å². The van der Waals surface area contributed by atoms with Gasteiger partial charge >= 0.3 is 0 Å². The molecule has 7 heteroatoms. The highest BCUT2D eigenvalue weighted by atomic mass is 16.5. The van der Waals surface area contributed by atoms with E-state index in [1.165, 1.54) is 0 Å². The summed E-state index contributed by atoms with van der Waals surface area (Å²) in [5.74, 6) is 1.44. The van der Waals surface area contributed by atoms with E-state index in [2.05, 4.69) is 10.3 Å². The molecule has 7 nitrogen and oxygen atoms in total. The summed E-state index contributed by atoms with van der Waals surface area (Å²) in [6, 6.07) is 15.6. The second kappa shape index (κ2) is 8.81. The Morgan fingerprint density at radius 3 is 2.65 bits per heavy atom. The predicted molar refractivity (Wildman–Crippen MR) is 118 cm³/mol. The van der Waals surface area contributed by atoms with Crippen LogP contribution in [0.3, 0.4) is 0 Å². The van der Waals surface area contributed by atoms with Crippen LogP contribution in [0.1, 0.15) is 37.5 Å². The van der Waals surface area contributed by atoms with Gasteiger partial charge in [-0.15, -0.1) is 0 Å². The van der Waals surface area contributed by atoms with Crippen molar-refractivity contribution in [2.75, 3.05) is 18.5 Å². The number of hydrogen-bond acceptors (Lipinski definition) is 6. The Balaban J connectivity index is 1.50. The van der Waals surface area contributed by atoms with Crippen LogP contribution in [-0.2, 0) is 9.53 Å². The third kappa shape index (κ3) is 4.27. The minimum Gasteiger partial charge on any atom is -0.368 e. The van der Waals surface area contributed by atoms with E-state index in [0.29, 0.717) is 24.8 Å². The average molecular weight is 415 g/mol. The highest BCUT2D eigenvalue weighted by Crippen LogP contribution is 2.34. The maximum atomic E-state index is 13.1. The maximum Gasteiger partial charge on any atom is 0.252 e. The van der Waals surface area contributed by atoms with Crippen molar-refractivity contribution >= 4 is 17.4 Å². The second-order valence-electron chi connectivity index (χ2n) is 7.91. The lowest BCUT2D eigenvalue weighted by atomic mass is 10.1. The Labute approximate surface area is 181 Å². The molecule has 3 aromatic rings. The zero-order valence-corrected chi connectivity index (χ0v) is 17.3. The van der Waals surface area contributed by atoms with Gasteiger partial charge in [-0.25, -0.2) is 9.97 Å². The molecule has 31 heavy (non-hydrogen) atoms. The molecule has 4 heterocycles. The van der Waals surface area contributed by atoms with E-state index in [4.69, 9.17) is 14.7 Å². The fourth-order valence-corrected chi connectivity index (χ4v) is 4.28. The van der Waals surface area contributed by atoms with E-state index in [9.17, 15) is 4.79 Å². The smallest absolute Gasteiger partial charge is 0.252 e. The number of benzene rings is 1. The Hall–Kier alpha value is -3.32. The van der Waals surface area contributed by atoms with E-state index >= 15 is 0 Å². The Morgan fingerprint density at radius 1 is 1.03 bits per heavy atom. The number of anilines is 2. The quantitative estimate of drug-likeness (QED) is 0.675. The lowest BCUT2D eigenvalue weighted by molar-refractivity contribution is -0.142. The molecule has 2 atom stereocenters. The Morgan fingerprint density at radius 2 is 1.87 bits per heavy atom. The van der Waals surface area contributed by atoms with Crippen molar-refractivity contribution in [3.63, 3.8) is 0 Å². The standard InChI is InChI=1S/C24H25N5O2/c30-24(21-9-5-15-31-21)29-14-4-8-20(29)23-27-19(17-10-12-25-13-11-17)16-22(28-23)26-18-6-2-1-3-7-18/h1-3,6-7,10-13,16,20-21H,4-5,8-9,14-15H2,(H,26,27,28)/t20-,21+/m1/s1. The minimum atomic E-state index is -0.328. The van der Waals surface area contributed by atoms with E-state index < -0.39 is 0 Å². The van der Waals surface area contributed by atoms with E-state index in [0.717, 1.165) is 42.6 Å². The summed E-state index contributed by atoms with van der Waals surface area (Å²) in [6.45, 7) is 1.38. The molecule has 158 valence electrons. The normalized spacial score (nSPS) is 20.7. The third-order valence-electron chi connectivity index (χ3n) is 5.80. The van der Waals surface area contributed by atoms with E-state index in [-0.39, 0.29) is 18.1 Å².